The molecular formula is C15H25N3O. The van der Waals surface area contributed by atoms with Crippen molar-refractivity contribution in [2.45, 2.75) is 19.4 Å². The summed E-state index contributed by atoms with van der Waals surface area (Å²) in [6, 6.07) is 8.78. The first-order valence-corrected chi connectivity index (χ1v) is 7.16. The van der Waals surface area contributed by atoms with Crippen LogP contribution < -0.4 is 15.4 Å². The molecule has 1 fully saturated rings. The number of rotatable bonds is 6. The number of ether oxygens (including phenoxy) is 1. The Morgan fingerprint density at radius 1 is 1.37 bits per heavy atom. The molecule has 1 aromatic carbocycles. The molecule has 4 nitrogen and oxygen atoms in total. The van der Waals surface area contributed by atoms with Crippen molar-refractivity contribution in [3.63, 3.8) is 0 Å². The van der Waals surface area contributed by atoms with Crippen LogP contribution >= 0.6 is 0 Å². The van der Waals surface area contributed by atoms with Crippen LogP contribution in [0.4, 0.5) is 5.69 Å². The summed E-state index contributed by atoms with van der Waals surface area (Å²) in [5, 5.41) is 7.02. The minimum atomic E-state index is 0.606. The largest absolute Gasteiger partial charge is 0.494 e. The molecule has 1 aromatic rings. The minimum absolute atomic E-state index is 0.606. The van der Waals surface area contributed by atoms with Crippen molar-refractivity contribution in [1.82, 2.24) is 10.2 Å². The van der Waals surface area contributed by atoms with Gasteiger partial charge in [-0.3, -0.25) is 0 Å². The molecule has 2 N–H and O–H groups in total. The van der Waals surface area contributed by atoms with Crippen LogP contribution in [0.5, 0.6) is 5.75 Å². The van der Waals surface area contributed by atoms with Gasteiger partial charge in [-0.25, -0.2) is 0 Å². The standard InChI is InChI=1S/C15H25N3O/c1-3-19-15-6-4-13(5-7-15)16-9-8-14-12-18(2)11-10-17-14/h4-7,14,16-17H,3,8-12H2,1-2H3. The van der Waals surface area contributed by atoms with E-state index in [1.807, 2.05) is 19.1 Å². The number of benzene rings is 1. The highest BCUT2D eigenvalue weighted by atomic mass is 16.5. The smallest absolute Gasteiger partial charge is 0.119 e. The second-order valence-electron chi connectivity index (χ2n) is 5.09. The molecule has 0 spiro atoms. The van der Waals surface area contributed by atoms with Crippen molar-refractivity contribution < 1.29 is 4.74 Å². The fraction of sp³-hybridized carbons (Fsp3) is 0.600. The summed E-state index contributed by atoms with van der Waals surface area (Å²) in [6.07, 6.45) is 1.15. The van der Waals surface area contributed by atoms with E-state index in [4.69, 9.17) is 4.74 Å². The zero-order valence-corrected chi connectivity index (χ0v) is 12.0. The van der Waals surface area contributed by atoms with Crippen LogP contribution in [-0.2, 0) is 0 Å². The third kappa shape index (κ3) is 4.73. The van der Waals surface area contributed by atoms with Gasteiger partial charge in [-0.1, -0.05) is 0 Å². The molecule has 1 atom stereocenters. The van der Waals surface area contributed by atoms with Gasteiger partial charge in [0.25, 0.3) is 0 Å². The Kier molecular flexibility index (Phi) is 5.48. The lowest BCUT2D eigenvalue weighted by molar-refractivity contribution is 0.234. The first-order chi connectivity index (χ1) is 9.28. The summed E-state index contributed by atoms with van der Waals surface area (Å²) in [5.41, 5.74) is 1.16. The van der Waals surface area contributed by atoms with E-state index in [1.165, 1.54) is 0 Å². The van der Waals surface area contributed by atoms with Crippen molar-refractivity contribution in [2.24, 2.45) is 0 Å². The molecule has 1 heterocycles. The monoisotopic (exact) mass is 263 g/mol. The van der Waals surface area contributed by atoms with Gasteiger partial charge in [0.05, 0.1) is 6.61 Å². The Morgan fingerprint density at radius 2 is 2.16 bits per heavy atom. The van der Waals surface area contributed by atoms with E-state index in [9.17, 15) is 0 Å². The number of piperazine rings is 1. The van der Waals surface area contributed by atoms with Crippen LogP contribution in [0.2, 0.25) is 0 Å². The Labute approximate surface area is 116 Å². The number of nitrogens with one attached hydrogen (secondary N) is 2. The topological polar surface area (TPSA) is 36.5 Å². The van der Waals surface area contributed by atoms with Crippen molar-refractivity contribution in [3.05, 3.63) is 24.3 Å². The highest BCUT2D eigenvalue weighted by Gasteiger charge is 2.15. The average Bonchev–Trinajstić information content (AvgIpc) is 2.41. The van der Waals surface area contributed by atoms with Crippen molar-refractivity contribution in [1.29, 1.82) is 0 Å². The Hall–Kier alpha value is -1.26. The third-order valence-corrected chi connectivity index (χ3v) is 3.45. The van der Waals surface area contributed by atoms with E-state index in [2.05, 4.69) is 34.7 Å². The van der Waals surface area contributed by atoms with Crippen LogP contribution in [-0.4, -0.2) is 50.8 Å². The Balaban J connectivity index is 1.70. The first kappa shape index (κ1) is 14.2. The Morgan fingerprint density at radius 3 is 2.84 bits per heavy atom. The molecule has 0 aromatic heterocycles. The van der Waals surface area contributed by atoms with E-state index < -0.39 is 0 Å². The van der Waals surface area contributed by atoms with E-state index in [1.54, 1.807) is 0 Å². The normalized spacial score (nSPS) is 20.2. The SMILES string of the molecule is CCOc1ccc(NCCC2CN(C)CCN2)cc1. The predicted molar refractivity (Wildman–Crippen MR) is 80.0 cm³/mol. The molecule has 106 valence electrons. The molecule has 0 radical (unpaired) electrons. The summed E-state index contributed by atoms with van der Waals surface area (Å²) >= 11 is 0. The molecule has 1 unspecified atom stereocenters. The van der Waals surface area contributed by atoms with E-state index in [0.29, 0.717) is 12.6 Å². The molecule has 0 saturated carbocycles. The van der Waals surface area contributed by atoms with Gasteiger partial charge in [0.15, 0.2) is 0 Å². The molecule has 0 amide bonds. The average molecular weight is 263 g/mol. The summed E-state index contributed by atoms with van der Waals surface area (Å²) in [6.45, 7) is 7.12. The molecular weight excluding hydrogens is 238 g/mol. The predicted octanol–water partition coefficient (Wildman–Crippen LogP) is 1.79. The van der Waals surface area contributed by atoms with Crippen molar-refractivity contribution in [2.75, 3.05) is 45.2 Å². The van der Waals surface area contributed by atoms with Crippen molar-refractivity contribution in [3.8, 4) is 5.75 Å². The highest BCUT2D eigenvalue weighted by Crippen LogP contribution is 2.15. The number of nitrogens with zero attached hydrogens (tertiary/aromatic N) is 1. The van der Waals surface area contributed by atoms with Crippen LogP contribution in [0.1, 0.15) is 13.3 Å². The van der Waals surface area contributed by atoms with E-state index in [0.717, 1.165) is 44.0 Å². The van der Waals surface area contributed by atoms with Gasteiger partial charge in [0, 0.05) is 37.9 Å². The number of anilines is 1. The summed E-state index contributed by atoms with van der Waals surface area (Å²) in [4.78, 5) is 2.39. The minimum Gasteiger partial charge on any atom is -0.494 e. The van der Waals surface area contributed by atoms with Crippen LogP contribution in [0.15, 0.2) is 24.3 Å². The molecule has 0 bridgehead atoms. The van der Waals surface area contributed by atoms with E-state index >= 15 is 0 Å². The highest BCUT2D eigenvalue weighted by molar-refractivity contribution is 5.46. The van der Waals surface area contributed by atoms with Gasteiger partial charge < -0.3 is 20.3 Å². The maximum atomic E-state index is 5.43. The molecule has 1 aliphatic rings. The molecule has 1 aliphatic heterocycles. The third-order valence-electron chi connectivity index (χ3n) is 3.45. The fourth-order valence-corrected chi connectivity index (χ4v) is 2.41. The van der Waals surface area contributed by atoms with Crippen LogP contribution in [0.3, 0.4) is 0 Å². The molecule has 4 heteroatoms. The lowest BCUT2D eigenvalue weighted by atomic mass is 10.1. The Bertz CT molecular complexity index is 366. The van der Waals surface area contributed by atoms with Crippen LogP contribution in [0, 0.1) is 0 Å². The molecule has 1 saturated heterocycles. The summed E-state index contributed by atoms with van der Waals surface area (Å²) < 4.78 is 5.43. The lowest BCUT2D eigenvalue weighted by Crippen LogP contribution is -2.49. The number of likely N-dealkylation sites (N-methyl/N-ethyl adjacent to an activating group) is 1. The maximum Gasteiger partial charge on any atom is 0.119 e. The summed E-state index contributed by atoms with van der Waals surface area (Å²) in [7, 11) is 2.19. The van der Waals surface area contributed by atoms with Gasteiger partial charge in [-0.2, -0.15) is 0 Å². The number of hydrogen-bond donors (Lipinski definition) is 2. The summed E-state index contributed by atoms with van der Waals surface area (Å²) in [5.74, 6) is 0.934. The first-order valence-electron chi connectivity index (χ1n) is 7.16. The molecule has 2 rings (SSSR count). The number of hydrogen-bond acceptors (Lipinski definition) is 4. The van der Waals surface area contributed by atoms with Gasteiger partial charge in [-0.05, 0) is 44.7 Å². The quantitative estimate of drug-likeness (QED) is 0.820. The second-order valence-corrected chi connectivity index (χ2v) is 5.09. The second kappa shape index (κ2) is 7.36. The van der Waals surface area contributed by atoms with E-state index in [-0.39, 0.29) is 0 Å². The van der Waals surface area contributed by atoms with Gasteiger partial charge in [0.1, 0.15) is 5.75 Å². The van der Waals surface area contributed by atoms with Crippen LogP contribution in [0.25, 0.3) is 0 Å². The zero-order valence-electron chi connectivity index (χ0n) is 12.0. The molecule has 19 heavy (non-hydrogen) atoms. The van der Waals surface area contributed by atoms with Crippen molar-refractivity contribution >= 4 is 5.69 Å². The fourth-order valence-electron chi connectivity index (χ4n) is 2.41. The van der Waals surface area contributed by atoms with Gasteiger partial charge >= 0.3 is 0 Å². The molecule has 0 aliphatic carbocycles. The van der Waals surface area contributed by atoms with Gasteiger partial charge in [0.2, 0.25) is 0 Å². The van der Waals surface area contributed by atoms with Gasteiger partial charge in [-0.15, -0.1) is 0 Å². The lowest BCUT2D eigenvalue weighted by Gasteiger charge is -2.31. The maximum absolute atomic E-state index is 5.43. The zero-order chi connectivity index (χ0) is 13.5.